The minimum absolute atomic E-state index is 0.273. The maximum Gasteiger partial charge on any atom is 0.354 e. The molecule has 0 aliphatic rings. The van der Waals surface area contributed by atoms with E-state index in [1.165, 1.54) is 4.68 Å². The number of nitrogens with zero attached hydrogens (tertiary/aromatic N) is 2. The molecule has 1 aromatic rings. The van der Waals surface area contributed by atoms with E-state index in [2.05, 4.69) is 5.10 Å². The topological polar surface area (TPSA) is 55.1 Å². The molecule has 12 heavy (non-hydrogen) atoms. The molecule has 0 spiro atoms. The van der Waals surface area contributed by atoms with Crippen molar-refractivity contribution < 1.29 is 9.90 Å². The van der Waals surface area contributed by atoms with Crippen LogP contribution in [-0.4, -0.2) is 20.9 Å². The third kappa shape index (κ3) is 1.64. The van der Waals surface area contributed by atoms with Crippen LogP contribution in [0, 0.1) is 6.92 Å². The van der Waals surface area contributed by atoms with Crippen molar-refractivity contribution in [3.8, 4) is 0 Å². The number of aromatic carboxylic acids is 1. The Morgan fingerprint density at radius 2 is 2.42 bits per heavy atom. The lowest BCUT2D eigenvalue weighted by atomic mass is 10.3. The third-order valence-electron chi connectivity index (χ3n) is 1.56. The second-order valence-corrected chi connectivity index (χ2v) is 2.70. The number of carboxylic acids is 1. The van der Waals surface area contributed by atoms with E-state index in [1.54, 1.807) is 13.0 Å². The normalized spacial score (nSPS) is 10.2. The van der Waals surface area contributed by atoms with Gasteiger partial charge in [-0.05, 0) is 19.4 Å². The Hall–Kier alpha value is -1.32. The number of hydrogen-bond donors (Lipinski definition) is 1. The van der Waals surface area contributed by atoms with E-state index in [4.69, 9.17) is 5.11 Å². The standard InChI is InChI=1S/C8H12N2O2/c1-3-4-10-7(8(11)12)5-6(2)9-10/h5H,3-4H2,1-2H3,(H,11,12). The summed E-state index contributed by atoms with van der Waals surface area (Å²) >= 11 is 0. The van der Waals surface area contributed by atoms with Gasteiger partial charge < -0.3 is 5.11 Å². The van der Waals surface area contributed by atoms with Crippen LogP contribution in [0.25, 0.3) is 0 Å². The second-order valence-electron chi connectivity index (χ2n) is 2.70. The monoisotopic (exact) mass is 168 g/mol. The molecule has 1 heterocycles. The summed E-state index contributed by atoms with van der Waals surface area (Å²) in [5.41, 5.74) is 1.02. The smallest absolute Gasteiger partial charge is 0.354 e. The van der Waals surface area contributed by atoms with Crippen molar-refractivity contribution in [2.75, 3.05) is 0 Å². The van der Waals surface area contributed by atoms with Gasteiger partial charge in [0.2, 0.25) is 0 Å². The lowest BCUT2D eigenvalue weighted by Crippen LogP contribution is -2.09. The van der Waals surface area contributed by atoms with Gasteiger partial charge in [0.15, 0.2) is 0 Å². The predicted molar refractivity (Wildman–Crippen MR) is 44.2 cm³/mol. The van der Waals surface area contributed by atoms with E-state index in [9.17, 15) is 4.79 Å². The van der Waals surface area contributed by atoms with Crippen molar-refractivity contribution in [1.82, 2.24) is 9.78 Å². The summed E-state index contributed by atoms with van der Waals surface area (Å²) in [6.45, 7) is 4.44. The molecule has 0 bridgehead atoms. The van der Waals surface area contributed by atoms with Gasteiger partial charge in [0.25, 0.3) is 0 Å². The fourth-order valence-corrected chi connectivity index (χ4v) is 1.10. The van der Waals surface area contributed by atoms with Gasteiger partial charge in [-0.25, -0.2) is 4.79 Å². The molecule has 0 saturated heterocycles. The lowest BCUT2D eigenvalue weighted by molar-refractivity contribution is 0.0683. The fourth-order valence-electron chi connectivity index (χ4n) is 1.10. The van der Waals surface area contributed by atoms with Crippen LogP contribution >= 0.6 is 0 Å². The van der Waals surface area contributed by atoms with Crippen LogP contribution in [0.2, 0.25) is 0 Å². The van der Waals surface area contributed by atoms with Crippen molar-refractivity contribution in [3.63, 3.8) is 0 Å². The Morgan fingerprint density at radius 3 is 2.92 bits per heavy atom. The second kappa shape index (κ2) is 3.38. The molecule has 0 fully saturated rings. The largest absolute Gasteiger partial charge is 0.477 e. The van der Waals surface area contributed by atoms with Crippen molar-refractivity contribution in [3.05, 3.63) is 17.5 Å². The summed E-state index contributed by atoms with van der Waals surface area (Å²) in [5.74, 6) is -0.913. The van der Waals surface area contributed by atoms with E-state index >= 15 is 0 Å². The van der Waals surface area contributed by atoms with E-state index in [1.807, 2.05) is 6.92 Å². The molecule has 0 aromatic carbocycles. The molecule has 0 aliphatic heterocycles. The summed E-state index contributed by atoms with van der Waals surface area (Å²) in [7, 11) is 0. The molecule has 0 saturated carbocycles. The summed E-state index contributed by atoms with van der Waals surface area (Å²) in [4.78, 5) is 10.6. The van der Waals surface area contributed by atoms with Gasteiger partial charge in [0, 0.05) is 6.54 Å². The zero-order valence-corrected chi connectivity index (χ0v) is 7.24. The van der Waals surface area contributed by atoms with E-state index < -0.39 is 5.97 Å². The Morgan fingerprint density at radius 1 is 1.75 bits per heavy atom. The van der Waals surface area contributed by atoms with Gasteiger partial charge in [-0.1, -0.05) is 6.92 Å². The van der Waals surface area contributed by atoms with Crippen LogP contribution < -0.4 is 0 Å². The average Bonchev–Trinajstić information content (AvgIpc) is 2.32. The third-order valence-corrected chi connectivity index (χ3v) is 1.56. The SMILES string of the molecule is CCCn1nc(C)cc1C(=O)O. The van der Waals surface area contributed by atoms with Crippen molar-refractivity contribution in [1.29, 1.82) is 0 Å². The maximum atomic E-state index is 10.6. The fraction of sp³-hybridized carbons (Fsp3) is 0.500. The molecular formula is C8H12N2O2. The molecule has 66 valence electrons. The Labute approximate surface area is 70.8 Å². The van der Waals surface area contributed by atoms with Gasteiger partial charge in [-0.15, -0.1) is 0 Å². The number of rotatable bonds is 3. The van der Waals surface area contributed by atoms with Gasteiger partial charge in [-0.3, -0.25) is 4.68 Å². The zero-order valence-electron chi connectivity index (χ0n) is 7.24. The van der Waals surface area contributed by atoms with Crippen molar-refractivity contribution >= 4 is 5.97 Å². The molecule has 1 rings (SSSR count). The van der Waals surface area contributed by atoms with Gasteiger partial charge >= 0.3 is 5.97 Å². The zero-order chi connectivity index (χ0) is 9.14. The van der Waals surface area contributed by atoms with E-state index in [-0.39, 0.29) is 5.69 Å². The first-order valence-corrected chi connectivity index (χ1v) is 3.93. The van der Waals surface area contributed by atoms with Crippen LogP contribution in [0.5, 0.6) is 0 Å². The average molecular weight is 168 g/mol. The highest BCUT2D eigenvalue weighted by Gasteiger charge is 2.10. The number of aryl methyl sites for hydroxylation is 2. The Kier molecular flexibility index (Phi) is 2.47. The lowest BCUT2D eigenvalue weighted by Gasteiger charge is -1.99. The molecular weight excluding hydrogens is 156 g/mol. The number of aromatic nitrogens is 2. The quantitative estimate of drug-likeness (QED) is 0.740. The Bertz CT molecular complexity index is 291. The molecule has 0 unspecified atom stereocenters. The molecule has 0 radical (unpaired) electrons. The summed E-state index contributed by atoms with van der Waals surface area (Å²) < 4.78 is 1.53. The Balaban J connectivity index is 2.99. The maximum absolute atomic E-state index is 10.6. The number of carboxylic acid groups (broad SMARTS) is 1. The van der Waals surface area contributed by atoms with Crippen molar-refractivity contribution in [2.45, 2.75) is 26.8 Å². The minimum Gasteiger partial charge on any atom is -0.477 e. The molecule has 1 N–H and O–H groups in total. The first-order valence-electron chi connectivity index (χ1n) is 3.93. The summed E-state index contributed by atoms with van der Waals surface area (Å²) in [6, 6.07) is 1.58. The molecule has 4 heteroatoms. The van der Waals surface area contributed by atoms with Crippen LogP contribution in [0.15, 0.2) is 6.07 Å². The summed E-state index contributed by atoms with van der Waals surface area (Å²) in [6.07, 6.45) is 0.890. The highest BCUT2D eigenvalue weighted by atomic mass is 16.4. The van der Waals surface area contributed by atoms with E-state index in [0.29, 0.717) is 6.54 Å². The minimum atomic E-state index is -0.913. The van der Waals surface area contributed by atoms with Gasteiger partial charge in [0.05, 0.1) is 5.69 Å². The van der Waals surface area contributed by atoms with Gasteiger partial charge in [-0.2, -0.15) is 5.10 Å². The summed E-state index contributed by atoms with van der Waals surface area (Å²) in [5, 5.41) is 12.8. The number of carbonyl (C=O) groups is 1. The predicted octanol–water partition coefficient (Wildman–Crippen LogP) is 1.30. The molecule has 1 aromatic heterocycles. The molecule has 0 aliphatic carbocycles. The van der Waals surface area contributed by atoms with Crippen LogP contribution in [0.4, 0.5) is 0 Å². The highest BCUT2D eigenvalue weighted by molar-refractivity contribution is 5.85. The van der Waals surface area contributed by atoms with Crippen LogP contribution in [-0.2, 0) is 6.54 Å². The number of hydrogen-bond acceptors (Lipinski definition) is 2. The molecule has 0 atom stereocenters. The van der Waals surface area contributed by atoms with Crippen LogP contribution in [0.1, 0.15) is 29.5 Å². The van der Waals surface area contributed by atoms with Crippen molar-refractivity contribution in [2.24, 2.45) is 0 Å². The molecule has 0 amide bonds. The highest BCUT2D eigenvalue weighted by Crippen LogP contribution is 2.04. The molecule has 4 nitrogen and oxygen atoms in total. The first-order chi connectivity index (χ1) is 5.65. The van der Waals surface area contributed by atoms with Crippen LogP contribution in [0.3, 0.4) is 0 Å². The first kappa shape index (κ1) is 8.77. The van der Waals surface area contributed by atoms with Gasteiger partial charge in [0.1, 0.15) is 5.69 Å². The van der Waals surface area contributed by atoms with E-state index in [0.717, 1.165) is 12.1 Å².